The molecule has 6 nitrogen and oxygen atoms in total. The first-order valence-electron chi connectivity index (χ1n) is 7.81. The Kier molecular flexibility index (Phi) is 4.92. The zero-order valence-corrected chi connectivity index (χ0v) is 17.0. The van der Waals surface area contributed by atoms with Gasteiger partial charge in [-0.25, -0.2) is 4.98 Å². The summed E-state index contributed by atoms with van der Waals surface area (Å²) in [5.74, 6) is 1.48. The molecule has 4 aromatic heterocycles. The van der Waals surface area contributed by atoms with Crippen LogP contribution < -0.4 is 5.56 Å². The molecule has 4 aromatic rings. The lowest BCUT2D eigenvalue weighted by atomic mass is 10.3. The molecule has 0 fully saturated rings. The van der Waals surface area contributed by atoms with Gasteiger partial charge in [0.2, 0.25) is 0 Å². The molecule has 0 N–H and O–H groups in total. The monoisotopic (exact) mass is 447 g/mol. The van der Waals surface area contributed by atoms with Crippen molar-refractivity contribution in [1.29, 1.82) is 0 Å². The molecule has 26 heavy (non-hydrogen) atoms. The van der Waals surface area contributed by atoms with E-state index < -0.39 is 0 Å². The second kappa shape index (κ2) is 7.34. The summed E-state index contributed by atoms with van der Waals surface area (Å²) in [4.78, 5) is 18.1. The number of thioether (sulfide) groups is 1. The van der Waals surface area contributed by atoms with Gasteiger partial charge in [-0.3, -0.25) is 9.20 Å². The molecule has 0 atom stereocenters. The predicted molar refractivity (Wildman–Crippen MR) is 107 cm³/mol. The largest absolute Gasteiger partial charge is 0.309 e. The van der Waals surface area contributed by atoms with Crippen molar-refractivity contribution in [1.82, 2.24) is 24.1 Å². The van der Waals surface area contributed by atoms with Crippen molar-refractivity contribution in [2.75, 3.05) is 0 Å². The molecule has 4 heterocycles. The van der Waals surface area contributed by atoms with Crippen LogP contribution >= 0.6 is 39.0 Å². The minimum Gasteiger partial charge on any atom is -0.309 e. The van der Waals surface area contributed by atoms with Crippen molar-refractivity contribution < 1.29 is 0 Å². The van der Waals surface area contributed by atoms with Gasteiger partial charge < -0.3 is 4.57 Å². The van der Waals surface area contributed by atoms with Crippen LogP contribution in [-0.2, 0) is 19.2 Å². The molecule has 0 amide bonds. The molecule has 0 bridgehead atoms. The minimum atomic E-state index is -0.0942. The maximum absolute atomic E-state index is 12.3. The maximum atomic E-state index is 12.3. The molecular formula is C17H14BrN5OS2. The van der Waals surface area contributed by atoms with Crippen LogP contribution in [0.2, 0.25) is 0 Å². The van der Waals surface area contributed by atoms with Crippen LogP contribution in [0.4, 0.5) is 0 Å². The number of fused-ring (bicyclic) bond motifs is 1. The topological polar surface area (TPSA) is 65.1 Å². The van der Waals surface area contributed by atoms with E-state index in [4.69, 9.17) is 0 Å². The highest BCUT2D eigenvalue weighted by molar-refractivity contribution is 9.10. The zero-order chi connectivity index (χ0) is 18.1. The number of nitrogens with zero attached hydrogens (tertiary/aromatic N) is 5. The first-order chi connectivity index (χ1) is 12.6. The maximum Gasteiger partial charge on any atom is 0.258 e. The molecule has 0 aliphatic heterocycles. The van der Waals surface area contributed by atoms with Gasteiger partial charge in [0.15, 0.2) is 5.16 Å². The Hall–Kier alpha value is -1.97. The molecule has 132 valence electrons. The third-order valence-electron chi connectivity index (χ3n) is 3.86. The Labute approximate surface area is 166 Å². The molecule has 0 radical (unpaired) electrons. The molecule has 0 saturated carbocycles. The SMILES string of the molecule is Cn1c(Cc2cccs2)nnc1SCc1cc(=O)n2cc(Br)ccc2n1. The molecule has 9 heteroatoms. The Balaban J connectivity index is 1.52. The second-order valence-electron chi connectivity index (χ2n) is 5.66. The summed E-state index contributed by atoms with van der Waals surface area (Å²) in [7, 11) is 1.96. The summed E-state index contributed by atoms with van der Waals surface area (Å²) < 4.78 is 4.36. The molecule has 4 rings (SSSR count). The van der Waals surface area contributed by atoms with E-state index in [0.717, 1.165) is 27.6 Å². The highest BCUT2D eigenvalue weighted by Crippen LogP contribution is 2.22. The van der Waals surface area contributed by atoms with Crippen molar-refractivity contribution in [3.8, 4) is 0 Å². The fourth-order valence-corrected chi connectivity index (χ4v) is 4.39. The van der Waals surface area contributed by atoms with Crippen LogP contribution in [0, 0.1) is 0 Å². The summed E-state index contributed by atoms with van der Waals surface area (Å²) in [5.41, 5.74) is 1.26. The summed E-state index contributed by atoms with van der Waals surface area (Å²) in [6, 6.07) is 9.39. The van der Waals surface area contributed by atoms with Crippen molar-refractivity contribution in [2.24, 2.45) is 7.05 Å². The fourth-order valence-electron chi connectivity index (χ4n) is 2.53. The lowest BCUT2D eigenvalue weighted by Gasteiger charge is -2.05. The highest BCUT2D eigenvalue weighted by Gasteiger charge is 2.11. The van der Waals surface area contributed by atoms with Gasteiger partial charge in [0.25, 0.3) is 5.56 Å². The number of halogens is 1. The smallest absolute Gasteiger partial charge is 0.258 e. The Morgan fingerprint density at radius 3 is 2.96 bits per heavy atom. The second-order valence-corrected chi connectivity index (χ2v) is 8.55. The van der Waals surface area contributed by atoms with Crippen LogP contribution in [0.25, 0.3) is 5.65 Å². The zero-order valence-electron chi connectivity index (χ0n) is 13.8. The van der Waals surface area contributed by atoms with Crippen LogP contribution in [0.3, 0.4) is 0 Å². The number of thiophene rings is 1. The normalized spacial score (nSPS) is 11.3. The van der Waals surface area contributed by atoms with Gasteiger partial charge >= 0.3 is 0 Å². The molecule has 0 unspecified atom stereocenters. The molecular weight excluding hydrogens is 434 g/mol. The van der Waals surface area contributed by atoms with E-state index in [2.05, 4.69) is 42.6 Å². The Morgan fingerprint density at radius 1 is 1.27 bits per heavy atom. The standard InChI is InChI=1S/C17H14BrN5OS2/c1-22-15(8-13-3-2-6-25-13)20-21-17(22)26-10-12-7-16(24)23-9-11(18)4-5-14(23)19-12/h2-7,9H,8,10H2,1H3. The molecule has 0 saturated heterocycles. The van der Waals surface area contributed by atoms with Crippen LogP contribution in [0.5, 0.6) is 0 Å². The van der Waals surface area contributed by atoms with E-state index in [0.29, 0.717) is 11.4 Å². The summed E-state index contributed by atoms with van der Waals surface area (Å²) in [6.45, 7) is 0. The predicted octanol–water partition coefficient (Wildman–Crippen LogP) is 3.53. The van der Waals surface area contributed by atoms with Crippen molar-refractivity contribution in [3.63, 3.8) is 0 Å². The first kappa shape index (κ1) is 17.4. The van der Waals surface area contributed by atoms with Gasteiger partial charge in [-0.15, -0.1) is 21.5 Å². The summed E-state index contributed by atoms with van der Waals surface area (Å²) in [5, 5.41) is 11.4. The Morgan fingerprint density at radius 2 is 2.15 bits per heavy atom. The first-order valence-corrected chi connectivity index (χ1v) is 10.5. The fraction of sp³-hybridized carbons (Fsp3) is 0.176. The molecule has 0 aromatic carbocycles. The summed E-state index contributed by atoms with van der Waals surface area (Å²) in [6.07, 6.45) is 2.49. The van der Waals surface area contributed by atoms with Gasteiger partial charge in [0.1, 0.15) is 11.5 Å². The molecule has 0 aliphatic carbocycles. The van der Waals surface area contributed by atoms with Crippen molar-refractivity contribution in [2.45, 2.75) is 17.3 Å². The van der Waals surface area contributed by atoms with E-state index in [1.807, 2.05) is 29.8 Å². The highest BCUT2D eigenvalue weighted by atomic mass is 79.9. The minimum absolute atomic E-state index is 0.0942. The van der Waals surface area contributed by atoms with E-state index >= 15 is 0 Å². The van der Waals surface area contributed by atoms with E-state index in [-0.39, 0.29) is 5.56 Å². The van der Waals surface area contributed by atoms with Gasteiger partial charge in [-0.05, 0) is 39.5 Å². The average Bonchev–Trinajstić information content (AvgIpc) is 3.25. The van der Waals surface area contributed by atoms with Gasteiger partial charge in [0, 0.05) is 40.8 Å². The lowest BCUT2D eigenvalue weighted by Crippen LogP contribution is -2.15. The summed E-state index contributed by atoms with van der Waals surface area (Å²) >= 11 is 6.61. The number of hydrogen-bond donors (Lipinski definition) is 0. The quantitative estimate of drug-likeness (QED) is 0.437. The third-order valence-corrected chi connectivity index (χ3v) is 6.26. The van der Waals surface area contributed by atoms with Crippen LogP contribution in [0.1, 0.15) is 16.4 Å². The van der Waals surface area contributed by atoms with Crippen LogP contribution in [0.15, 0.2) is 56.3 Å². The molecule has 0 spiro atoms. The van der Waals surface area contributed by atoms with E-state index in [1.54, 1.807) is 23.6 Å². The van der Waals surface area contributed by atoms with Gasteiger partial charge in [-0.2, -0.15) is 0 Å². The Bertz CT molecular complexity index is 1120. The number of aromatic nitrogens is 5. The van der Waals surface area contributed by atoms with Gasteiger partial charge in [0.05, 0.1) is 5.69 Å². The molecule has 0 aliphatic rings. The van der Waals surface area contributed by atoms with Gasteiger partial charge in [-0.1, -0.05) is 17.8 Å². The number of hydrogen-bond acceptors (Lipinski definition) is 6. The van der Waals surface area contributed by atoms with E-state index in [9.17, 15) is 4.79 Å². The van der Waals surface area contributed by atoms with Crippen molar-refractivity contribution in [3.05, 3.63) is 73.1 Å². The number of pyridine rings is 1. The van der Waals surface area contributed by atoms with E-state index in [1.165, 1.54) is 21.0 Å². The lowest BCUT2D eigenvalue weighted by molar-refractivity contribution is 0.750. The third kappa shape index (κ3) is 3.60. The number of rotatable bonds is 5. The van der Waals surface area contributed by atoms with Crippen LogP contribution in [-0.4, -0.2) is 24.1 Å². The van der Waals surface area contributed by atoms with Crippen molar-refractivity contribution >= 4 is 44.7 Å². The average molecular weight is 448 g/mol.